The van der Waals surface area contributed by atoms with Gasteiger partial charge in [-0.15, -0.1) is 0 Å². The molecule has 0 aliphatic rings. The van der Waals surface area contributed by atoms with Crippen LogP contribution in [0.25, 0.3) is 0 Å². The summed E-state index contributed by atoms with van der Waals surface area (Å²) in [7, 11) is 1.57. The maximum atomic E-state index is 10.3. The van der Waals surface area contributed by atoms with E-state index >= 15 is 0 Å². The van der Waals surface area contributed by atoms with E-state index < -0.39 is 6.09 Å². The molecular weight excluding hydrogens is 174 g/mol. The number of nitrogens with two attached hydrogens (primary N) is 1. The number of methoxy groups -OCH3 is 1. The highest BCUT2D eigenvalue weighted by molar-refractivity contribution is 5.64. The Kier molecular flexibility index (Phi) is 3.27. The molecule has 1 aromatic rings. The second kappa shape index (κ2) is 4.46. The number of carbonyl (C=O) groups is 1. The van der Waals surface area contributed by atoms with Crippen LogP contribution < -0.4 is 5.73 Å². The summed E-state index contributed by atoms with van der Waals surface area (Å²) < 4.78 is 11.2. The van der Waals surface area contributed by atoms with Gasteiger partial charge in [0.05, 0.1) is 0 Å². The Balaban J connectivity index is 2.54. The Morgan fingerprint density at radius 3 is 3.15 bits per heavy atom. The average Bonchev–Trinajstić information content (AvgIpc) is 2.49. The van der Waals surface area contributed by atoms with Crippen molar-refractivity contribution in [2.24, 2.45) is 5.73 Å². The van der Waals surface area contributed by atoms with Crippen LogP contribution in [0.1, 0.15) is 5.82 Å². The van der Waals surface area contributed by atoms with Gasteiger partial charge in [0.2, 0.25) is 0 Å². The van der Waals surface area contributed by atoms with Gasteiger partial charge < -0.3 is 19.8 Å². The molecule has 1 heterocycles. The van der Waals surface area contributed by atoms with E-state index in [0.717, 1.165) is 0 Å². The van der Waals surface area contributed by atoms with Gasteiger partial charge in [0.15, 0.2) is 6.61 Å². The first-order valence-electron chi connectivity index (χ1n) is 3.65. The molecular formula is C7H11N3O3. The van der Waals surface area contributed by atoms with E-state index in [1.165, 1.54) is 0 Å². The molecule has 0 atom stereocenters. The Morgan fingerprint density at radius 2 is 2.54 bits per heavy atom. The quantitative estimate of drug-likeness (QED) is 0.720. The lowest BCUT2D eigenvalue weighted by molar-refractivity contribution is 0.115. The topological polar surface area (TPSA) is 79.4 Å². The van der Waals surface area contributed by atoms with E-state index in [2.05, 4.69) is 9.72 Å². The minimum Gasteiger partial charge on any atom is -0.442 e. The minimum atomic E-state index is -0.813. The fraction of sp³-hybridized carbons (Fsp3) is 0.429. The lowest BCUT2D eigenvalue weighted by Gasteiger charge is -2.05. The molecule has 0 saturated heterocycles. The maximum Gasteiger partial charge on any atom is 0.404 e. The first-order valence-corrected chi connectivity index (χ1v) is 3.65. The molecule has 6 nitrogen and oxygen atoms in total. The molecule has 6 heteroatoms. The highest BCUT2D eigenvalue weighted by Crippen LogP contribution is 1.99. The smallest absolute Gasteiger partial charge is 0.404 e. The first kappa shape index (κ1) is 9.53. The monoisotopic (exact) mass is 185 g/mol. The van der Waals surface area contributed by atoms with Gasteiger partial charge in [0.1, 0.15) is 12.6 Å². The molecule has 0 aliphatic heterocycles. The van der Waals surface area contributed by atoms with Crippen molar-refractivity contribution in [3.8, 4) is 0 Å². The summed E-state index contributed by atoms with van der Waals surface area (Å²) >= 11 is 0. The minimum absolute atomic E-state index is 0.0612. The zero-order valence-corrected chi connectivity index (χ0v) is 7.27. The number of primary amides is 1. The molecule has 0 spiro atoms. The summed E-state index contributed by atoms with van der Waals surface area (Å²) in [5.74, 6) is 0.598. The van der Waals surface area contributed by atoms with Crippen LogP contribution >= 0.6 is 0 Å². The van der Waals surface area contributed by atoms with Gasteiger partial charge in [-0.2, -0.15) is 0 Å². The van der Waals surface area contributed by atoms with E-state index in [4.69, 9.17) is 10.5 Å². The van der Waals surface area contributed by atoms with Crippen LogP contribution in [0.3, 0.4) is 0 Å². The van der Waals surface area contributed by atoms with Crippen molar-refractivity contribution in [3.05, 3.63) is 18.2 Å². The summed E-state index contributed by atoms with van der Waals surface area (Å²) in [6.45, 7) is 0.434. The van der Waals surface area contributed by atoms with Crippen molar-refractivity contribution in [2.75, 3.05) is 7.11 Å². The normalized spacial score (nSPS) is 9.92. The van der Waals surface area contributed by atoms with Crippen molar-refractivity contribution < 1.29 is 14.3 Å². The fourth-order valence-electron chi connectivity index (χ4n) is 0.873. The zero-order chi connectivity index (χ0) is 9.68. The summed E-state index contributed by atoms with van der Waals surface area (Å²) in [6, 6.07) is 0. The number of hydrogen-bond donors (Lipinski definition) is 1. The number of hydrogen-bond acceptors (Lipinski definition) is 4. The number of amides is 1. The summed E-state index contributed by atoms with van der Waals surface area (Å²) in [6.07, 6.45) is 2.51. The van der Waals surface area contributed by atoms with Crippen LogP contribution in [0, 0.1) is 0 Å². The molecule has 1 rings (SSSR count). The number of nitrogens with zero attached hydrogens (tertiary/aromatic N) is 2. The number of ether oxygens (including phenoxy) is 2. The molecule has 0 aromatic carbocycles. The Bertz CT molecular complexity index is 284. The van der Waals surface area contributed by atoms with Gasteiger partial charge >= 0.3 is 6.09 Å². The van der Waals surface area contributed by atoms with E-state index in [1.807, 2.05) is 0 Å². The first-order chi connectivity index (χ1) is 6.24. The van der Waals surface area contributed by atoms with Crippen molar-refractivity contribution >= 4 is 6.09 Å². The van der Waals surface area contributed by atoms with Gasteiger partial charge in [-0.1, -0.05) is 0 Å². The van der Waals surface area contributed by atoms with Crippen LogP contribution in [-0.2, 0) is 22.8 Å². The highest BCUT2D eigenvalue weighted by Gasteiger charge is 2.03. The van der Waals surface area contributed by atoms with Crippen LogP contribution in [0.15, 0.2) is 12.4 Å². The number of carbonyl (C=O) groups excluding carboxylic acids is 1. The molecule has 0 saturated carbocycles. The van der Waals surface area contributed by atoms with E-state index in [-0.39, 0.29) is 6.61 Å². The molecule has 0 radical (unpaired) electrons. The SMILES string of the molecule is COCn1ccnc1COC(N)=O. The van der Waals surface area contributed by atoms with Gasteiger partial charge in [0.25, 0.3) is 0 Å². The summed E-state index contributed by atoms with van der Waals surface area (Å²) in [5, 5.41) is 0. The zero-order valence-electron chi connectivity index (χ0n) is 7.27. The van der Waals surface area contributed by atoms with Gasteiger partial charge in [-0.05, 0) is 0 Å². The Morgan fingerprint density at radius 1 is 1.77 bits per heavy atom. The van der Waals surface area contributed by atoms with Crippen molar-refractivity contribution in [1.82, 2.24) is 9.55 Å². The third kappa shape index (κ3) is 2.75. The maximum absolute atomic E-state index is 10.3. The molecule has 0 unspecified atom stereocenters. The molecule has 72 valence electrons. The van der Waals surface area contributed by atoms with Crippen LogP contribution in [0.2, 0.25) is 0 Å². The lowest BCUT2D eigenvalue weighted by atomic mass is 10.6. The van der Waals surface area contributed by atoms with Crippen molar-refractivity contribution in [3.63, 3.8) is 0 Å². The molecule has 13 heavy (non-hydrogen) atoms. The number of rotatable bonds is 4. The van der Waals surface area contributed by atoms with E-state index in [1.54, 1.807) is 24.1 Å². The van der Waals surface area contributed by atoms with Crippen LogP contribution in [0.5, 0.6) is 0 Å². The average molecular weight is 185 g/mol. The lowest BCUT2D eigenvalue weighted by Crippen LogP contribution is -2.15. The predicted octanol–water partition coefficient (Wildman–Crippen LogP) is 0.0823. The van der Waals surface area contributed by atoms with E-state index in [9.17, 15) is 4.79 Å². The third-order valence-corrected chi connectivity index (χ3v) is 1.41. The molecule has 1 amide bonds. The molecule has 0 fully saturated rings. The van der Waals surface area contributed by atoms with Crippen LogP contribution in [-0.4, -0.2) is 22.8 Å². The molecule has 0 bridgehead atoms. The number of imidazole rings is 1. The van der Waals surface area contributed by atoms with Gasteiger partial charge in [-0.3, -0.25) is 0 Å². The third-order valence-electron chi connectivity index (χ3n) is 1.41. The highest BCUT2D eigenvalue weighted by atomic mass is 16.5. The molecule has 2 N–H and O–H groups in total. The van der Waals surface area contributed by atoms with Crippen molar-refractivity contribution in [2.45, 2.75) is 13.3 Å². The van der Waals surface area contributed by atoms with E-state index in [0.29, 0.717) is 12.6 Å². The van der Waals surface area contributed by atoms with Gasteiger partial charge in [0, 0.05) is 19.5 Å². The van der Waals surface area contributed by atoms with Crippen LogP contribution in [0.4, 0.5) is 4.79 Å². The molecule has 1 aromatic heterocycles. The number of aromatic nitrogens is 2. The fourth-order valence-corrected chi connectivity index (χ4v) is 0.873. The second-order valence-corrected chi connectivity index (χ2v) is 2.34. The summed E-state index contributed by atoms with van der Waals surface area (Å²) in [4.78, 5) is 14.3. The Hall–Kier alpha value is -1.56. The Labute approximate surface area is 75.3 Å². The largest absolute Gasteiger partial charge is 0.442 e. The summed E-state index contributed by atoms with van der Waals surface area (Å²) in [5.41, 5.74) is 4.80. The predicted molar refractivity (Wildman–Crippen MR) is 43.6 cm³/mol. The standard InChI is InChI=1S/C7H11N3O3/c1-12-5-10-3-2-9-6(10)4-13-7(8)11/h2-3H,4-5H2,1H3,(H2,8,11). The molecule has 0 aliphatic carbocycles. The van der Waals surface area contributed by atoms with Crippen molar-refractivity contribution in [1.29, 1.82) is 0 Å². The second-order valence-electron chi connectivity index (χ2n) is 2.34. The van der Waals surface area contributed by atoms with Gasteiger partial charge in [-0.25, -0.2) is 9.78 Å².